The number of fused-ring (bicyclic) bond motifs is 1. The van der Waals surface area contributed by atoms with Gasteiger partial charge in [-0.3, -0.25) is 15.0 Å². The predicted octanol–water partition coefficient (Wildman–Crippen LogP) is 4.37. The second-order valence-electron chi connectivity index (χ2n) is 9.47. The number of nitrogens with zero attached hydrogens (tertiary/aromatic N) is 2. The number of methoxy groups -OCH3 is 1. The van der Waals surface area contributed by atoms with Crippen molar-refractivity contribution in [1.82, 2.24) is 0 Å². The van der Waals surface area contributed by atoms with Crippen molar-refractivity contribution in [3.63, 3.8) is 0 Å². The molecular weight excluding hydrogens is 508 g/mol. The van der Waals surface area contributed by atoms with Crippen molar-refractivity contribution < 1.29 is 23.9 Å². The first-order chi connectivity index (χ1) is 19.3. The Morgan fingerprint density at radius 3 is 2.50 bits per heavy atom. The summed E-state index contributed by atoms with van der Waals surface area (Å²) in [6.07, 6.45) is 2.23. The van der Waals surface area contributed by atoms with Gasteiger partial charge in [0.2, 0.25) is 5.91 Å². The van der Waals surface area contributed by atoms with E-state index in [1.165, 1.54) is 13.2 Å². The van der Waals surface area contributed by atoms with Crippen LogP contribution in [0.5, 0.6) is 0 Å². The first-order valence-corrected chi connectivity index (χ1v) is 13.3. The SMILES string of the molecule is CCOC(=O)CN(c1ccccc1)c1ccc2c(c1)CCCN2C(=O)CCc1ccc(C(=O)OC)cc1C(=N)N. The first kappa shape index (κ1) is 28.4. The summed E-state index contributed by atoms with van der Waals surface area (Å²) in [4.78, 5) is 41.4. The molecule has 0 atom stereocenters. The van der Waals surface area contributed by atoms with Gasteiger partial charge in [0.05, 0.1) is 19.3 Å². The van der Waals surface area contributed by atoms with Crippen molar-refractivity contribution in [2.45, 2.75) is 32.6 Å². The molecule has 4 rings (SSSR count). The molecule has 0 unspecified atom stereocenters. The number of para-hydroxylation sites is 1. The number of nitrogen functional groups attached to an aromatic ring is 1. The number of aryl methyl sites for hydroxylation is 2. The second-order valence-corrected chi connectivity index (χ2v) is 9.47. The summed E-state index contributed by atoms with van der Waals surface area (Å²) in [7, 11) is 1.29. The number of rotatable bonds is 10. The highest BCUT2D eigenvalue weighted by molar-refractivity contribution is 6.00. The Labute approximate surface area is 234 Å². The number of anilines is 3. The van der Waals surface area contributed by atoms with Gasteiger partial charge in [-0.25, -0.2) is 4.79 Å². The number of benzene rings is 3. The topological polar surface area (TPSA) is 126 Å². The minimum atomic E-state index is -0.512. The number of amides is 1. The van der Waals surface area contributed by atoms with E-state index in [4.69, 9.17) is 20.6 Å². The molecule has 3 aromatic carbocycles. The molecule has 3 aromatic rings. The molecule has 1 heterocycles. The lowest BCUT2D eigenvalue weighted by molar-refractivity contribution is -0.141. The third kappa shape index (κ3) is 6.48. The van der Waals surface area contributed by atoms with Crippen molar-refractivity contribution in [2.24, 2.45) is 5.73 Å². The van der Waals surface area contributed by atoms with Crippen molar-refractivity contribution in [2.75, 3.05) is 36.6 Å². The molecule has 9 nitrogen and oxygen atoms in total. The van der Waals surface area contributed by atoms with E-state index >= 15 is 0 Å². The number of hydrogen-bond donors (Lipinski definition) is 2. The van der Waals surface area contributed by atoms with Crippen LogP contribution < -0.4 is 15.5 Å². The van der Waals surface area contributed by atoms with Gasteiger partial charge in [0, 0.05) is 35.6 Å². The smallest absolute Gasteiger partial charge is 0.337 e. The molecule has 1 amide bonds. The highest BCUT2D eigenvalue weighted by Crippen LogP contribution is 2.34. The van der Waals surface area contributed by atoms with Crippen molar-refractivity contribution in [1.29, 1.82) is 5.41 Å². The molecule has 0 bridgehead atoms. The van der Waals surface area contributed by atoms with Gasteiger partial charge < -0.3 is 25.0 Å². The third-order valence-corrected chi connectivity index (χ3v) is 6.88. The fraction of sp³-hybridized carbons (Fsp3) is 0.290. The number of esters is 2. The molecule has 0 fully saturated rings. The highest BCUT2D eigenvalue weighted by Gasteiger charge is 2.25. The fourth-order valence-corrected chi connectivity index (χ4v) is 4.95. The largest absolute Gasteiger partial charge is 0.465 e. The molecule has 0 aromatic heterocycles. The number of carbonyl (C=O) groups excluding carboxylic acids is 3. The summed E-state index contributed by atoms with van der Waals surface area (Å²) in [5.74, 6) is -1.03. The predicted molar refractivity (Wildman–Crippen MR) is 154 cm³/mol. The van der Waals surface area contributed by atoms with Gasteiger partial charge in [-0.2, -0.15) is 0 Å². The number of nitrogens with two attached hydrogens (primary N) is 1. The average Bonchev–Trinajstić information content (AvgIpc) is 2.98. The Balaban J connectivity index is 1.54. The quantitative estimate of drug-likeness (QED) is 0.221. The van der Waals surface area contributed by atoms with Crippen molar-refractivity contribution in [3.05, 3.63) is 89.0 Å². The minimum Gasteiger partial charge on any atom is -0.465 e. The standard InChI is InChI=1S/C31H34N4O5/c1-3-40-29(37)20-35(24-9-5-4-6-10-24)25-14-15-27-22(18-25)8-7-17-34(27)28(36)16-13-21-11-12-23(31(38)39-2)19-26(21)30(32)33/h4-6,9-12,14-15,18-19H,3,7-8,13,16-17,20H2,1-2H3,(H3,32,33). The molecule has 0 saturated heterocycles. The lowest BCUT2D eigenvalue weighted by Gasteiger charge is -2.32. The van der Waals surface area contributed by atoms with Crippen LogP contribution in [0, 0.1) is 5.41 Å². The van der Waals surface area contributed by atoms with E-state index in [0.29, 0.717) is 30.7 Å². The average molecular weight is 543 g/mol. The Kier molecular flexibility index (Phi) is 9.16. The van der Waals surface area contributed by atoms with Crippen LogP contribution in [0.2, 0.25) is 0 Å². The molecule has 0 saturated carbocycles. The Morgan fingerprint density at radius 2 is 1.80 bits per heavy atom. The van der Waals surface area contributed by atoms with Gasteiger partial charge >= 0.3 is 11.9 Å². The summed E-state index contributed by atoms with van der Waals surface area (Å²) in [5, 5.41) is 7.93. The molecule has 1 aliphatic rings. The maximum atomic E-state index is 13.4. The molecular formula is C31H34N4O5. The van der Waals surface area contributed by atoms with E-state index in [1.54, 1.807) is 24.0 Å². The van der Waals surface area contributed by atoms with Crippen LogP contribution in [0.3, 0.4) is 0 Å². The molecule has 40 heavy (non-hydrogen) atoms. The van der Waals surface area contributed by atoms with E-state index < -0.39 is 5.97 Å². The normalized spacial score (nSPS) is 12.3. The van der Waals surface area contributed by atoms with Gasteiger partial charge in [0.1, 0.15) is 12.4 Å². The van der Waals surface area contributed by atoms with Crippen LogP contribution in [0.15, 0.2) is 66.7 Å². The molecule has 0 radical (unpaired) electrons. The Morgan fingerprint density at radius 1 is 1.02 bits per heavy atom. The molecule has 1 aliphatic heterocycles. The van der Waals surface area contributed by atoms with Crippen molar-refractivity contribution >= 4 is 40.7 Å². The third-order valence-electron chi connectivity index (χ3n) is 6.88. The van der Waals surface area contributed by atoms with E-state index in [0.717, 1.165) is 41.0 Å². The molecule has 0 spiro atoms. The maximum absolute atomic E-state index is 13.4. The van der Waals surface area contributed by atoms with Gasteiger partial charge in [-0.05, 0) is 79.8 Å². The summed E-state index contributed by atoms with van der Waals surface area (Å²) in [6, 6.07) is 20.4. The highest BCUT2D eigenvalue weighted by atomic mass is 16.5. The number of amidine groups is 1. The molecule has 0 aliphatic carbocycles. The molecule has 3 N–H and O–H groups in total. The van der Waals surface area contributed by atoms with E-state index in [-0.39, 0.29) is 30.7 Å². The van der Waals surface area contributed by atoms with Gasteiger partial charge in [0.15, 0.2) is 0 Å². The zero-order valence-electron chi connectivity index (χ0n) is 22.8. The number of ether oxygens (including phenoxy) is 2. The molecule has 208 valence electrons. The van der Waals surface area contributed by atoms with Crippen LogP contribution in [-0.4, -0.2) is 50.5 Å². The van der Waals surface area contributed by atoms with Crippen molar-refractivity contribution in [3.8, 4) is 0 Å². The zero-order valence-corrected chi connectivity index (χ0v) is 22.8. The minimum absolute atomic E-state index is 0.0355. The summed E-state index contributed by atoms with van der Waals surface area (Å²) >= 11 is 0. The lowest BCUT2D eigenvalue weighted by atomic mass is 9.97. The van der Waals surface area contributed by atoms with Gasteiger partial charge in [-0.15, -0.1) is 0 Å². The lowest BCUT2D eigenvalue weighted by Crippen LogP contribution is -2.36. The van der Waals surface area contributed by atoms with Gasteiger partial charge in [0.25, 0.3) is 0 Å². The monoisotopic (exact) mass is 542 g/mol. The summed E-state index contributed by atoms with van der Waals surface area (Å²) in [6.45, 7) is 2.78. The van der Waals surface area contributed by atoms with E-state index in [2.05, 4.69) is 0 Å². The number of nitrogens with one attached hydrogen (secondary N) is 1. The summed E-state index contributed by atoms with van der Waals surface area (Å²) < 4.78 is 9.97. The summed E-state index contributed by atoms with van der Waals surface area (Å²) in [5.41, 5.74) is 10.8. The van der Waals surface area contributed by atoms with Crippen LogP contribution in [0.4, 0.5) is 17.1 Å². The van der Waals surface area contributed by atoms with Crippen LogP contribution in [0.25, 0.3) is 0 Å². The molecule has 9 heteroatoms. The van der Waals surface area contributed by atoms with Crippen LogP contribution in [-0.2, 0) is 31.9 Å². The van der Waals surface area contributed by atoms with Gasteiger partial charge in [-0.1, -0.05) is 24.3 Å². The zero-order chi connectivity index (χ0) is 28.6. The maximum Gasteiger partial charge on any atom is 0.337 e. The number of hydrogen-bond acceptors (Lipinski definition) is 7. The van der Waals surface area contributed by atoms with E-state index in [1.807, 2.05) is 53.4 Å². The van der Waals surface area contributed by atoms with Crippen LogP contribution in [0.1, 0.15) is 46.8 Å². The number of carbonyl (C=O) groups is 3. The Hall–Kier alpha value is -4.66. The second kappa shape index (κ2) is 12.9. The Bertz CT molecular complexity index is 1410. The van der Waals surface area contributed by atoms with Crippen LogP contribution >= 0.6 is 0 Å². The first-order valence-electron chi connectivity index (χ1n) is 13.3. The fourth-order valence-electron chi connectivity index (χ4n) is 4.95. The van der Waals surface area contributed by atoms with E-state index in [9.17, 15) is 14.4 Å².